The lowest BCUT2D eigenvalue weighted by atomic mass is 10.2. The van der Waals surface area contributed by atoms with E-state index in [1.165, 1.54) is 4.90 Å². The summed E-state index contributed by atoms with van der Waals surface area (Å²) < 4.78 is 16.9. The number of ether oxygens (including phenoxy) is 2. The normalized spacial score (nSPS) is 15.2. The van der Waals surface area contributed by atoms with Gasteiger partial charge in [-0.2, -0.15) is 0 Å². The van der Waals surface area contributed by atoms with Gasteiger partial charge in [0.1, 0.15) is 18.1 Å². The molecule has 1 fully saturated rings. The van der Waals surface area contributed by atoms with Gasteiger partial charge in [0, 0.05) is 25.3 Å². The number of furan rings is 1. The molecule has 1 atom stereocenters. The van der Waals surface area contributed by atoms with E-state index in [-0.39, 0.29) is 31.0 Å². The monoisotopic (exact) mass is 454 g/mol. The highest BCUT2D eigenvalue weighted by molar-refractivity contribution is 5.96. The molecule has 33 heavy (non-hydrogen) atoms. The summed E-state index contributed by atoms with van der Waals surface area (Å²) in [5.41, 5.74) is 0.504. The van der Waals surface area contributed by atoms with Gasteiger partial charge < -0.3 is 23.7 Å². The van der Waals surface area contributed by atoms with Crippen molar-refractivity contribution in [1.29, 1.82) is 0 Å². The molecule has 1 aliphatic heterocycles. The number of hydrogen-bond acceptors (Lipinski definition) is 5. The summed E-state index contributed by atoms with van der Waals surface area (Å²) in [4.78, 5) is 29.6. The molecule has 0 bridgehead atoms. The Bertz CT molecular complexity index is 873. The van der Waals surface area contributed by atoms with E-state index in [4.69, 9.17) is 13.9 Å². The Hall–Kier alpha value is -3.06. The van der Waals surface area contributed by atoms with Crippen LogP contribution < -0.4 is 4.74 Å². The number of unbranched alkanes of at least 4 members (excludes halogenated alkanes) is 1. The van der Waals surface area contributed by atoms with Crippen molar-refractivity contribution >= 4 is 11.8 Å². The van der Waals surface area contributed by atoms with Crippen LogP contribution in [0.3, 0.4) is 0 Å². The third-order valence-electron chi connectivity index (χ3n) is 5.56. The zero-order chi connectivity index (χ0) is 23.5. The van der Waals surface area contributed by atoms with Crippen molar-refractivity contribution in [1.82, 2.24) is 9.80 Å². The quantitative estimate of drug-likeness (QED) is 0.333. The maximum absolute atomic E-state index is 13.3. The molecule has 0 aliphatic carbocycles. The maximum Gasteiger partial charge on any atom is 0.254 e. The molecule has 178 valence electrons. The van der Waals surface area contributed by atoms with E-state index in [1.54, 1.807) is 47.6 Å². The van der Waals surface area contributed by atoms with Crippen molar-refractivity contribution < 1.29 is 23.5 Å². The Kier molecular flexibility index (Phi) is 9.57. The third kappa shape index (κ3) is 7.49. The molecule has 1 aliphatic rings. The molecule has 1 unspecified atom stereocenters. The first kappa shape index (κ1) is 24.6. The van der Waals surface area contributed by atoms with E-state index in [0.717, 1.165) is 31.4 Å². The Morgan fingerprint density at radius 3 is 2.67 bits per heavy atom. The molecule has 1 aromatic heterocycles. The van der Waals surface area contributed by atoms with Crippen LogP contribution in [0.25, 0.3) is 0 Å². The van der Waals surface area contributed by atoms with Crippen LogP contribution in [-0.4, -0.2) is 60.6 Å². The van der Waals surface area contributed by atoms with Crippen molar-refractivity contribution in [3.63, 3.8) is 0 Å². The second kappa shape index (κ2) is 12.8. The van der Waals surface area contributed by atoms with E-state index in [1.807, 2.05) is 6.07 Å². The van der Waals surface area contributed by atoms with E-state index < -0.39 is 0 Å². The average molecular weight is 455 g/mol. The smallest absolute Gasteiger partial charge is 0.254 e. The zero-order valence-corrected chi connectivity index (χ0v) is 19.4. The third-order valence-corrected chi connectivity index (χ3v) is 5.56. The lowest BCUT2D eigenvalue weighted by Gasteiger charge is -2.28. The van der Waals surface area contributed by atoms with Crippen molar-refractivity contribution in [2.45, 2.75) is 45.3 Å². The molecule has 3 rings (SSSR count). The molecule has 1 saturated heterocycles. The summed E-state index contributed by atoms with van der Waals surface area (Å²) in [5, 5.41) is 0. The van der Waals surface area contributed by atoms with Gasteiger partial charge in [-0.1, -0.05) is 19.4 Å². The molecule has 2 aromatic rings. The highest BCUT2D eigenvalue weighted by atomic mass is 16.5. The molecule has 0 saturated carbocycles. The molecule has 7 nitrogen and oxygen atoms in total. The molecule has 0 spiro atoms. The van der Waals surface area contributed by atoms with Crippen LogP contribution in [0.15, 0.2) is 59.7 Å². The average Bonchev–Trinajstić information content (AvgIpc) is 3.53. The van der Waals surface area contributed by atoms with Gasteiger partial charge in [0.05, 0.1) is 25.5 Å². The van der Waals surface area contributed by atoms with Gasteiger partial charge in [0.2, 0.25) is 5.91 Å². The van der Waals surface area contributed by atoms with Crippen LogP contribution in [0.1, 0.15) is 48.7 Å². The molecule has 0 N–H and O–H groups in total. The number of carbonyl (C=O) groups excluding carboxylic acids is 2. The second-order valence-corrected chi connectivity index (χ2v) is 8.19. The minimum atomic E-state index is -0.224. The lowest BCUT2D eigenvalue weighted by molar-refractivity contribution is -0.134. The molecular formula is C26H34N2O5. The first-order valence-electron chi connectivity index (χ1n) is 11.7. The highest BCUT2D eigenvalue weighted by Crippen LogP contribution is 2.17. The van der Waals surface area contributed by atoms with Crippen LogP contribution in [0, 0.1) is 0 Å². The van der Waals surface area contributed by atoms with Gasteiger partial charge in [-0.15, -0.1) is 6.58 Å². The molecular weight excluding hydrogens is 420 g/mol. The fourth-order valence-electron chi connectivity index (χ4n) is 3.73. The molecule has 2 amide bonds. The van der Waals surface area contributed by atoms with Gasteiger partial charge in [0.25, 0.3) is 5.91 Å². The molecule has 1 aromatic carbocycles. The van der Waals surface area contributed by atoms with Crippen LogP contribution >= 0.6 is 0 Å². The largest absolute Gasteiger partial charge is 0.494 e. The van der Waals surface area contributed by atoms with Crippen molar-refractivity contribution in [3.8, 4) is 5.75 Å². The van der Waals surface area contributed by atoms with Gasteiger partial charge in [-0.25, -0.2) is 0 Å². The summed E-state index contributed by atoms with van der Waals surface area (Å²) in [6, 6.07) is 10.7. The minimum Gasteiger partial charge on any atom is -0.494 e. The van der Waals surface area contributed by atoms with E-state index in [9.17, 15) is 9.59 Å². The summed E-state index contributed by atoms with van der Waals surface area (Å²) >= 11 is 0. The van der Waals surface area contributed by atoms with Gasteiger partial charge in [0.15, 0.2) is 0 Å². The number of rotatable bonds is 13. The SMILES string of the molecule is C=CCN(CC(=O)N(Cc1ccco1)CC1CCCO1)C(=O)c1ccc(OCCCC)cc1. The summed E-state index contributed by atoms with van der Waals surface area (Å²) in [6.45, 7) is 8.26. The fraction of sp³-hybridized carbons (Fsp3) is 0.462. The Balaban J connectivity index is 1.66. The topological polar surface area (TPSA) is 72.2 Å². The van der Waals surface area contributed by atoms with Crippen molar-refractivity contribution in [2.24, 2.45) is 0 Å². The van der Waals surface area contributed by atoms with Crippen molar-refractivity contribution in [3.05, 3.63) is 66.6 Å². The van der Waals surface area contributed by atoms with E-state index in [2.05, 4.69) is 13.5 Å². The number of hydrogen-bond donors (Lipinski definition) is 0. The lowest BCUT2D eigenvalue weighted by Crippen LogP contribution is -2.45. The predicted octanol–water partition coefficient (Wildman–Crippen LogP) is 4.29. The zero-order valence-electron chi connectivity index (χ0n) is 19.4. The van der Waals surface area contributed by atoms with Gasteiger partial charge in [-0.3, -0.25) is 9.59 Å². The van der Waals surface area contributed by atoms with Crippen LogP contribution in [0.4, 0.5) is 0 Å². The minimum absolute atomic E-state index is 0.00715. The van der Waals surface area contributed by atoms with Gasteiger partial charge in [-0.05, 0) is 55.7 Å². The molecule has 7 heteroatoms. The van der Waals surface area contributed by atoms with Crippen molar-refractivity contribution in [2.75, 3.05) is 32.8 Å². The summed E-state index contributed by atoms with van der Waals surface area (Å²) in [7, 11) is 0. The Morgan fingerprint density at radius 1 is 1.21 bits per heavy atom. The first-order chi connectivity index (χ1) is 16.1. The predicted molar refractivity (Wildman–Crippen MR) is 126 cm³/mol. The van der Waals surface area contributed by atoms with Gasteiger partial charge >= 0.3 is 0 Å². The molecule has 0 radical (unpaired) electrons. The van der Waals surface area contributed by atoms with Crippen LogP contribution in [0.5, 0.6) is 5.75 Å². The fourth-order valence-corrected chi connectivity index (χ4v) is 3.73. The van der Waals surface area contributed by atoms with Crippen LogP contribution in [-0.2, 0) is 16.1 Å². The first-order valence-corrected chi connectivity index (χ1v) is 11.7. The maximum atomic E-state index is 13.3. The molecule has 2 heterocycles. The number of carbonyl (C=O) groups is 2. The van der Waals surface area contributed by atoms with E-state index >= 15 is 0 Å². The Morgan fingerprint density at radius 2 is 2.03 bits per heavy atom. The highest BCUT2D eigenvalue weighted by Gasteiger charge is 2.26. The second-order valence-electron chi connectivity index (χ2n) is 8.19. The summed E-state index contributed by atoms with van der Waals surface area (Å²) in [6.07, 6.45) is 7.18. The number of nitrogens with zero attached hydrogens (tertiary/aromatic N) is 2. The standard InChI is InChI=1S/C26H34N2O5/c1-3-5-15-31-22-12-10-21(11-13-22)26(30)27(14-4-2)20-25(29)28(18-23-8-6-16-32-23)19-24-9-7-17-33-24/h4,6,8,10-13,16,24H,2-3,5,7,9,14-15,17-20H2,1H3. The summed E-state index contributed by atoms with van der Waals surface area (Å²) in [5.74, 6) is 1.05. The number of amides is 2. The van der Waals surface area contributed by atoms with E-state index in [0.29, 0.717) is 37.6 Å². The Labute approximate surface area is 195 Å². The number of benzene rings is 1. The van der Waals surface area contributed by atoms with Crippen LogP contribution in [0.2, 0.25) is 0 Å².